The number of morpholine rings is 1. The van der Waals surface area contributed by atoms with Gasteiger partial charge in [0.2, 0.25) is 0 Å². The molecule has 1 aliphatic rings. The van der Waals surface area contributed by atoms with Crippen LogP contribution in [0.25, 0.3) is 0 Å². The number of hydrogen-bond donors (Lipinski definition) is 1. The molecule has 6 heteroatoms. The number of benzene rings is 1. The van der Waals surface area contributed by atoms with Crippen LogP contribution in [0.3, 0.4) is 0 Å². The highest BCUT2D eigenvalue weighted by molar-refractivity contribution is 14.1. The Morgan fingerprint density at radius 3 is 3.11 bits per heavy atom. The number of hydrogen-bond acceptors (Lipinski definition) is 3. The number of ether oxygens (including phenoxy) is 1. The van der Waals surface area contributed by atoms with E-state index >= 15 is 0 Å². The van der Waals surface area contributed by atoms with E-state index in [0.29, 0.717) is 26.2 Å². The zero-order chi connectivity index (χ0) is 13.1. The van der Waals surface area contributed by atoms with Crippen molar-refractivity contribution in [3.05, 3.63) is 31.8 Å². The Hall–Kier alpha value is -0.180. The minimum absolute atomic E-state index is 0.0439. The molecule has 0 spiro atoms. The lowest BCUT2D eigenvalue weighted by Gasteiger charge is -2.32. The van der Waals surface area contributed by atoms with E-state index in [1.165, 1.54) is 0 Å². The van der Waals surface area contributed by atoms with Crippen molar-refractivity contribution in [1.82, 2.24) is 4.90 Å². The Bertz CT molecular complexity index is 456. The zero-order valence-corrected chi connectivity index (χ0v) is 13.5. The summed E-state index contributed by atoms with van der Waals surface area (Å²) in [6, 6.07) is 5.72. The Labute approximate surface area is 128 Å². The van der Waals surface area contributed by atoms with Gasteiger partial charge in [0.15, 0.2) is 0 Å². The Balaban J connectivity index is 2.17. The van der Waals surface area contributed by atoms with Crippen LogP contribution in [0.4, 0.5) is 0 Å². The molecule has 0 aromatic heterocycles. The number of nitrogens with two attached hydrogens (primary N) is 1. The van der Waals surface area contributed by atoms with Gasteiger partial charge in [-0.2, -0.15) is 0 Å². The largest absolute Gasteiger partial charge is 0.373 e. The monoisotopic (exact) mass is 424 g/mol. The van der Waals surface area contributed by atoms with E-state index in [-0.39, 0.29) is 12.0 Å². The van der Waals surface area contributed by atoms with E-state index < -0.39 is 0 Å². The molecule has 18 heavy (non-hydrogen) atoms. The first kappa shape index (κ1) is 14.2. The van der Waals surface area contributed by atoms with Crippen LogP contribution in [0, 0.1) is 3.57 Å². The number of halogens is 2. The minimum Gasteiger partial charge on any atom is -0.373 e. The highest BCUT2D eigenvalue weighted by Gasteiger charge is 2.25. The van der Waals surface area contributed by atoms with E-state index in [0.717, 1.165) is 13.6 Å². The molecule has 0 radical (unpaired) electrons. The number of carbonyl (C=O) groups excluding carboxylic acids is 1. The summed E-state index contributed by atoms with van der Waals surface area (Å²) in [7, 11) is 0. The van der Waals surface area contributed by atoms with E-state index in [9.17, 15) is 4.79 Å². The molecule has 4 nitrogen and oxygen atoms in total. The van der Waals surface area contributed by atoms with E-state index in [1.807, 2.05) is 23.1 Å². The van der Waals surface area contributed by atoms with Crippen LogP contribution in [0.1, 0.15) is 10.4 Å². The molecule has 0 aliphatic carbocycles. The van der Waals surface area contributed by atoms with Crippen molar-refractivity contribution in [2.24, 2.45) is 5.73 Å². The van der Waals surface area contributed by atoms with Crippen molar-refractivity contribution in [2.45, 2.75) is 6.10 Å². The lowest BCUT2D eigenvalue weighted by molar-refractivity contribution is -0.0167. The number of nitrogens with zero attached hydrogens (tertiary/aromatic N) is 1. The van der Waals surface area contributed by atoms with Crippen LogP contribution in [0.15, 0.2) is 22.7 Å². The number of carbonyl (C=O) groups is 1. The molecule has 1 aromatic rings. The molecular formula is C12H14BrIN2O2. The van der Waals surface area contributed by atoms with Gasteiger partial charge in [-0.25, -0.2) is 0 Å². The van der Waals surface area contributed by atoms with Gasteiger partial charge in [0.05, 0.1) is 18.3 Å². The second kappa shape index (κ2) is 6.31. The molecule has 2 rings (SSSR count). The predicted octanol–water partition coefficient (Wildman–Crippen LogP) is 1.85. The first-order valence-electron chi connectivity index (χ1n) is 5.68. The third-order valence-corrected chi connectivity index (χ3v) is 4.28. The maximum Gasteiger partial charge on any atom is 0.255 e. The lowest BCUT2D eigenvalue weighted by Crippen LogP contribution is -2.48. The summed E-state index contributed by atoms with van der Waals surface area (Å²) in [5.74, 6) is 0.0439. The van der Waals surface area contributed by atoms with E-state index in [2.05, 4.69) is 38.5 Å². The Morgan fingerprint density at radius 2 is 2.39 bits per heavy atom. The zero-order valence-electron chi connectivity index (χ0n) is 9.73. The van der Waals surface area contributed by atoms with Gasteiger partial charge in [0, 0.05) is 27.7 Å². The van der Waals surface area contributed by atoms with Gasteiger partial charge in [-0.15, -0.1) is 0 Å². The molecule has 1 amide bonds. The van der Waals surface area contributed by atoms with Gasteiger partial charge < -0.3 is 15.4 Å². The number of rotatable bonds is 2. The maximum atomic E-state index is 12.4. The highest BCUT2D eigenvalue weighted by Crippen LogP contribution is 2.21. The van der Waals surface area contributed by atoms with E-state index in [4.69, 9.17) is 10.5 Å². The Kier molecular flexibility index (Phi) is 4.99. The molecule has 1 aliphatic heterocycles. The average Bonchev–Trinajstić information content (AvgIpc) is 2.41. The molecule has 0 bridgehead atoms. The van der Waals surface area contributed by atoms with Gasteiger partial charge in [-0.05, 0) is 40.8 Å². The van der Waals surface area contributed by atoms with Crippen LogP contribution in [-0.2, 0) is 4.74 Å². The first-order chi connectivity index (χ1) is 8.61. The molecule has 0 saturated carbocycles. The van der Waals surface area contributed by atoms with Crippen molar-refractivity contribution < 1.29 is 9.53 Å². The van der Waals surface area contributed by atoms with Gasteiger partial charge >= 0.3 is 0 Å². The van der Waals surface area contributed by atoms with E-state index in [1.54, 1.807) is 0 Å². The smallest absolute Gasteiger partial charge is 0.255 e. The summed E-state index contributed by atoms with van der Waals surface area (Å²) in [5.41, 5.74) is 6.31. The minimum atomic E-state index is -0.0486. The van der Waals surface area contributed by atoms with Gasteiger partial charge in [0.25, 0.3) is 5.91 Å². The fraction of sp³-hybridized carbons (Fsp3) is 0.417. The van der Waals surface area contributed by atoms with Crippen molar-refractivity contribution in [2.75, 3.05) is 26.2 Å². The van der Waals surface area contributed by atoms with Crippen molar-refractivity contribution in [3.63, 3.8) is 0 Å². The summed E-state index contributed by atoms with van der Waals surface area (Å²) in [6.07, 6.45) is -0.0486. The van der Waals surface area contributed by atoms with Gasteiger partial charge in [-0.1, -0.05) is 15.9 Å². The van der Waals surface area contributed by atoms with Crippen molar-refractivity contribution in [1.29, 1.82) is 0 Å². The summed E-state index contributed by atoms with van der Waals surface area (Å²) >= 11 is 5.57. The standard InChI is InChI=1S/C12H14BrIN2O2/c13-8-1-2-11(14)10(5-8)12(17)16-3-4-18-9(6-15)7-16/h1-2,5,9H,3-4,6-7,15H2. The maximum absolute atomic E-state index is 12.4. The summed E-state index contributed by atoms with van der Waals surface area (Å²) in [6.45, 7) is 2.19. The van der Waals surface area contributed by atoms with Crippen LogP contribution >= 0.6 is 38.5 Å². The molecule has 98 valence electrons. The van der Waals surface area contributed by atoms with Gasteiger partial charge in [-0.3, -0.25) is 4.79 Å². The van der Waals surface area contributed by atoms with Crippen LogP contribution < -0.4 is 5.73 Å². The molecule has 1 heterocycles. The fourth-order valence-corrected chi connectivity index (χ4v) is 2.81. The molecule has 1 unspecified atom stereocenters. The molecule has 1 fully saturated rings. The van der Waals surface area contributed by atoms with Crippen molar-refractivity contribution in [3.8, 4) is 0 Å². The molecule has 1 atom stereocenters. The molecule has 1 saturated heterocycles. The summed E-state index contributed by atoms with van der Waals surface area (Å²) in [4.78, 5) is 14.2. The summed E-state index contributed by atoms with van der Waals surface area (Å²) in [5, 5.41) is 0. The van der Waals surface area contributed by atoms with Crippen LogP contribution in [-0.4, -0.2) is 43.2 Å². The lowest BCUT2D eigenvalue weighted by atomic mass is 10.1. The Morgan fingerprint density at radius 1 is 1.61 bits per heavy atom. The summed E-state index contributed by atoms with van der Waals surface area (Å²) < 4.78 is 7.33. The molecular weight excluding hydrogens is 411 g/mol. The molecule has 1 aromatic carbocycles. The van der Waals surface area contributed by atoms with Crippen molar-refractivity contribution >= 4 is 44.4 Å². The van der Waals surface area contributed by atoms with Crippen LogP contribution in [0.5, 0.6) is 0 Å². The third-order valence-electron chi connectivity index (χ3n) is 2.85. The number of amides is 1. The quantitative estimate of drug-likeness (QED) is 0.737. The predicted molar refractivity (Wildman–Crippen MR) is 81.6 cm³/mol. The second-order valence-corrected chi connectivity index (χ2v) is 6.18. The third kappa shape index (κ3) is 3.23. The SMILES string of the molecule is NCC1CN(C(=O)c2cc(Br)ccc2I)CCO1. The normalized spacial score (nSPS) is 19.9. The van der Waals surface area contributed by atoms with Crippen LogP contribution in [0.2, 0.25) is 0 Å². The molecule has 2 N–H and O–H groups in total. The highest BCUT2D eigenvalue weighted by atomic mass is 127. The van der Waals surface area contributed by atoms with Gasteiger partial charge in [0.1, 0.15) is 0 Å². The first-order valence-corrected chi connectivity index (χ1v) is 7.55. The second-order valence-electron chi connectivity index (χ2n) is 4.10. The fourth-order valence-electron chi connectivity index (χ4n) is 1.88. The topological polar surface area (TPSA) is 55.6 Å². The average molecular weight is 425 g/mol.